The molecule has 0 saturated heterocycles. The summed E-state index contributed by atoms with van der Waals surface area (Å²) in [5, 5.41) is 0. The van der Waals surface area contributed by atoms with Crippen molar-refractivity contribution < 1.29 is 0 Å². The van der Waals surface area contributed by atoms with Gasteiger partial charge in [0.15, 0.2) is 0 Å². The number of fused-ring (bicyclic) bond motifs is 1. The van der Waals surface area contributed by atoms with Gasteiger partial charge in [0.2, 0.25) is 0 Å². The Morgan fingerprint density at radius 2 is 1.75 bits per heavy atom. The third-order valence-electron chi connectivity index (χ3n) is 3.39. The van der Waals surface area contributed by atoms with Crippen LogP contribution in [0.1, 0.15) is 17.2 Å². The van der Waals surface area contributed by atoms with E-state index in [4.69, 9.17) is 5.84 Å². The van der Waals surface area contributed by atoms with E-state index < -0.39 is 0 Å². The molecule has 2 aromatic carbocycles. The SMILES string of the molecule is NNC(Cc1ccccc1)c1cccc2nccnc12. The van der Waals surface area contributed by atoms with E-state index in [1.54, 1.807) is 12.4 Å². The van der Waals surface area contributed by atoms with Crippen molar-refractivity contribution in [3.05, 3.63) is 72.1 Å². The lowest BCUT2D eigenvalue weighted by molar-refractivity contribution is 0.554. The van der Waals surface area contributed by atoms with E-state index in [0.29, 0.717) is 0 Å². The maximum Gasteiger partial charge on any atom is 0.0935 e. The largest absolute Gasteiger partial charge is 0.271 e. The van der Waals surface area contributed by atoms with Crippen molar-refractivity contribution in [1.82, 2.24) is 15.4 Å². The zero-order chi connectivity index (χ0) is 13.8. The molecule has 0 aliphatic heterocycles. The average molecular weight is 264 g/mol. The Morgan fingerprint density at radius 1 is 0.950 bits per heavy atom. The van der Waals surface area contributed by atoms with Crippen molar-refractivity contribution in [2.24, 2.45) is 5.84 Å². The Hall–Kier alpha value is -2.30. The molecule has 4 heteroatoms. The van der Waals surface area contributed by atoms with Crippen LogP contribution >= 0.6 is 0 Å². The smallest absolute Gasteiger partial charge is 0.0935 e. The molecule has 1 heterocycles. The first-order chi connectivity index (χ1) is 9.88. The molecule has 1 unspecified atom stereocenters. The predicted molar refractivity (Wildman–Crippen MR) is 79.7 cm³/mol. The van der Waals surface area contributed by atoms with Crippen LogP contribution in [0.5, 0.6) is 0 Å². The standard InChI is InChI=1S/C16H16N4/c17-20-15(11-12-5-2-1-3-6-12)13-7-4-8-14-16(13)19-10-9-18-14/h1-10,15,20H,11,17H2. The van der Waals surface area contributed by atoms with E-state index >= 15 is 0 Å². The molecule has 0 spiro atoms. The van der Waals surface area contributed by atoms with Gasteiger partial charge in [-0.05, 0) is 23.6 Å². The number of aromatic nitrogens is 2. The van der Waals surface area contributed by atoms with Gasteiger partial charge >= 0.3 is 0 Å². The van der Waals surface area contributed by atoms with Gasteiger partial charge in [0.25, 0.3) is 0 Å². The van der Waals surface area contributed by atoms with Crippen molar-refractivity contribution >= 4 is 11.0 Å². The monoisotopic (exact) mass is 264 g/mol. The fourth-order valence-electron chi connectivity index (χ4n) is 2.40. The Balaban J connectivity index is 1.99. The normalized spacial score (nSPS) is 12.4. The molecule has 0 aliphatic carbocycles. The van der Waals surface area contributed by atoms with Crippen LogP contribution in [-0.4, -0.2) is 9.97 Å². The lowest BCUT2D eigenvalue weighted by atomic mass is 9.98. The second kappa shape index (κ2) is 5.77. The lowest BCUT2D eigenvalue weighted by Crippen LogP contribution is -2.29. The second-order valence-corrected chi connectivity index (χ2v) is 4.68. The maximum absolute atomic E-state index is 5.75. The number of hydrazine groups is 1. The van der Waals surface area contributed by atoms with E-state index in [2.05, 4.69) is 27.5 Å². The van der Waals surface area contributed by atoms with Crippen LogP contribution in [0, 0.1) is 0 Å². The Labute approximate surface area is 117 Å². The minimum Gasteiger partial charge on any atom is -0.271 e. The van der Waals surface area contributed by atoms with Crippen LogP contribution in [0.3, 0.4) is 0 Å². The summed E-state index contributed by atoms with van der Waals surface area (Å²) in [6, 6.07) is 16.3. The molecule has 0 amide bonds. The second-order valence-electron chi connectivity index (χ2n) is 4.68. The highest BCUT2D eigenvalue weighted by Crippen LogP contribution is 2.23. The zero-order valence-electron chi connectivity index (χ0n) is 11.0. The van der Waals surface area contributed by atoms with Gasteiger partial charge in [0.05, 0.1) is 17.1 Å². The van der Waals surface area contributed by atoms with Gasteiger partial charge in [0.1, 0.15) is 0 Å². The quantitative estimate of drug-likeness (QED) is 0.561. The molecule has 1 atom stereocenters. The van der Waals surface area contributed by atoms with Crippen molar-refractivity contribution in [1.29, 1.82) is 0 Å². The molecule has 0 aliphatic rings. The van der Waals surface area contributed by atoms with E-state index in [9.17, 15) is 0 Å². The summed E-state index contributed by atoms with van der Waals surface area (Å²) < 4.78 is 0. The van der Waals surface area contributed by atoms with Crippen molar-refractivity contribution in [3.8, 4) is 0 Å². The van der Waals surface area contributed by atoms with Gasteiger partial charge in [-0.1, -0.05) is 42.5 Å². The molecule has 3 aromatic rings. The molecule has 0 fully saturated rings. The zero-order valence-corrected chi connectivity index (χ0v) is 11.0. The summed E-state index contributed by atoms with van der Waals surface area (Å²) in [7, 11) is 0. The molecule has 1 aromatic heterocycles. The Morgan fingerprint density at radius 3 is 2.55 bits per heavy atom. The van der Waals surface area contributed by atoms with Gasteiger partial charge in [0, 0.05) is 12.4 Å². The highest BCUT2D eigenvalue weighted by molar-refractivity contribution is 5.78. The number of nitrogens with two attached hydrogens (primary N) is 1. The fourth-order valence-corrected chi connectivity index (χ4v) is 2.40. The summed E-state index contributed by atoms with van der Waals surface area (Å²) >= 11 is 0. The summed E-state index contributed by atoms with van der Waals surface area (Å²) in [4.78, 5) is 8.77. The molecule has 0 radical (unpaired) electrons. The third-order valence-corrected chi connectivity index (χ3v) is 3.39. The summed E-state index contributed by atoms with van der Waals surface area (Å²) in [6.45, 7) is 0. The van der Waals surface area contributed by atoms with Crippen LogP contribution in [-0.2, 0) is 6.42 Å². The van der Waals surface area contributed by atoms with Gasteiger partial charge in [-0.2, -0.15) is 0 Å². The highest BCUT2D eigenvalue weighted by Gasteiger charge is 2.14. The molecular weight excluding hydrogens is 248 g/mol. The number of nitrogens with one attached hydrogen (secondary N) is 1. The topological polar surface area (TPSA) is 63.8 Å². The van der Waals surface area contributed by atoms with Crippen LogP contribution in [0.25, 0.3) is 11.0 Å². The number of nitrogens with zero attached hydrogens (tertiary/aromatic N) is 2. The Kier molecular flexibility index (Phi) is 3.67. The fraction of sp³-hybridized carbons (Fsp3) is 0.125. The molecule has 4 nitrogen and oxygen atoms in total. The summed E-state index contributed by atoms with van der Waals surface area (Å²) in [5.74, 6) is 5.75. The number of para-hydroxylation sites is 1. The first-order valence-electron chi connectivity index (χ1n) is 6.58. The lowest BCUT2D eigenvalue weighted by Gasteiger charge is -2.17. The number of hydrogen-bond acceptors (Lipinski definition) is 4. The van der Waals surface area contributed by atoms with Gasteiger partial charge in [-0.3, -0.25) is 21.2 Å². The predicted octanol–water partition coefficient (Wildman–Crippen LogP) is 2.38. The van der Waals surface area contributed by atoms with Crippen molar-refractivity contribution in [2.45, 2.75) is 12.5 Å². The molecule has 20 heavy (non-hydrogen) atoms. The van der Waals surface area contributed by atoms with Crippen molar-refractivity contribution in [3.63, 3.8) is 0 Å². The molecule has 100 valence electrons. The minimum atomic E-state index is 0.0119. The molecule has 0 saturated carbocycles. The molecule has 3 N–H and O–H groups in total. The van der Waals surface area contributed by atoms with Crippen LogP contribution in [0.4, 0.5) is 0 Å². The van der Waals surface area contributed by atoms with E-state index in [1.807, 2.05) is 36.4 Å². The van der Waals surface area contributed by atoms with Crippen LogP contribution in [0.2, 0.25) is 0 Å². The highest BCUT2D eigenvalue weighted by atomic mass is 15.2. The Bertz CT molecular complexity index is 692. The van der Waals surface area contributed by atoms with Gasteiger partial charge in [-0.25, -0.2) is 0 Å². The molecule has 0 bridgehead atoms. The van der Waals surface area contributed by atoms with Crippen LogP contribution < -0.4 is 11.3 Å². The maximum atomic E-state index is 5.75. The third kappa shape index (κ3) is 2.52. The number of hydrogen-bond donors (Lipinski definition) is 2. The minimum absolute atomic E-state index is 0.0119. The van der Waals surface area contributed by atoms with Gasteiger partial charge < -0.3 is 0 Å². The van der Waals surface area contributed by atoms with E-state index in [0.717, 1.165) is 23.0 Å². The first kappa shape index (κ1) is 12.7. The summed E-state index contributed by atoms with van der Waals surface area (Å²) in [6.07, 6.45) is 4.23. The molecule has 3 rings (SSSR count). The number of benzene rings is 2. The molecular formula is C16H16N4. The van der Waals surface area contributed by atoms with E-state index in [1.165, 1.54) is 5.56 Å². The summed E-state index contributed by atoms with van der Waals surface area (Å²) in [5.41, 5.74) is 6.98. The average Bonchev–Trinajstić information content (AvgIpc) is 2.53. The van der Waals surface area contributed by atoms with E-state index in [-0.39, 0.29) is 6.04 Å². The van der Waals surface area contributed by atoms with Gasteiger partial charge in [-0.15, -0.1) is 0 Å². The number of rotatable bonds is 4. The first-order valence-corrected chi connectivity index (χ1v) is 6.58. The van der Waals surface area contributed by atoms with Crippen molar-refractivity contribution in [2.75, 3.05) is 0 Å². The van der Waals surface area contributed by atoms with Crippen LogP contribution in [0.15, 0.2) is 60.9 Å².